The number of nitrogens with one attached hydrogen (secondary N) is 2. The Morgan fingerprint density at radius 3 is 2.44 bits per heavy atom. The summed E-state index contributed by atoms with van der Waals surface area (Å²) in [4.78, 5) is 13.9. The Labute approximate surface area is 164 Å². The van der Waals surface area contributed by atoms with Crippen LogP contribution in [-0.2, 0) is 16.6 Å². The fraction of sp³-hybridized carbons (Fsp3) is 0.278. The van der Waals surface area contributed by atoms with E-state index < -0.39 is 10.0 Å². The number of hydrogen-bond donors (Lipinski definition) is 2. The Morgan fingerprint density at radius 1 is 1.19 bits per heavy atom. The molecule has 2 rings (SSSR count). The highest BCUT2D eigenvalue weighted by Gasteiger charge is 2.14. The number of urea groups is 1. The zero-order valence-corrected chi connectivity index (χ0v) is 16.9. The van der Waals surface area contributed by atoms with Gasteiger partial charge in [0.2, 0.25) is 10.0 Å². The molecule has 0 spiro atoms. The molecule has 27 heavy (non-hydrogen) atoms. The molecule has 0 aliphatic carbocycles. The van der Waals surface area contributed by atoms with E-state index in [1.807, 2.05) is 12.1 Å². The standard InChI is InChI=1S/C18H22ClN3O4S/c1-4-27(24,25)21-16-10-9-15(11-17(16)26-3)20-18(23)22(2)12-13-5-7-14(19)8-6-13/h5-11,21H,4,12H2,1-3H3,(H,20,23). The summed E-state index contributed by atoms with van der Waals surface area (Å²) in [5.74, 6) is 0.259. The van der Waals surface area contributed by atoms with Crippen LogP contribution < -0.4 is 14.8 Å². The first-order valence-corrected chi connectivity index (χ1v) is 10.2. The Bertz CT molecular complexity index is 901. The van der Waals surface area contributed by atoms with Crippen LogP contribution in [0.4, 0.5) is 16.2 Å². The quantitative estimate of drug-likeness (QED) is 0.725. The molecule has 0 fully saturated rings. The minimum Gasteiger partial charge on any atom is -0.494 e. The van der Waals surface area contributed by atoms with E-state index in [2.05, 4.69) is 10.0 Å². The largest absolute Gasteiger partial charge is 0.494 e. The van der Waals surface area contributed by atoms with Crippen molar-refractivity contribution in [1.82, 2.24) is 4.90 Å². The second kappa shape index (κ2) is 8.96. The topological polar surface area (TPSA) is 87.7 Å². The molecule has 0 aromatic heterocycles. The van der Waals surface area contributed by atoms with E-state index in [1.165, 1.54) is 12.0 Å². The van der Waals surface area contributed by atoms with E-state index in [-0.39, 0.29) is 11.8 Å². The maximum atomic E-state index is 12.4. The van der Waals surface area contributed by atoms with Gasteiger partial charge < -0.3 is 15.0 Å². The number of methoxy groups -OCH3 is 1. The molecule has 0 aliphatic rings. The van der Waals surface area contributed by atoms with Crippen LogP contribution >= 0.6 is 11.6 Å². The molecule has 2 aromatic rings. The predicted octanol–water partition coefficient (Wildman–Crippen LogP) is 3.77. The van der Waals surface area contributed by atoms with Crippen molar-refractivity contribution >= 4 is 39.0 Å². The Kier molecular flexibility index (Phi) is 6.92. The fourth-order valence-corrected chi connectivity index (χ4v) is 3.02. The van der Waals surface area contributed by atoms with Gasteiger partial charge in [0.25, 0.3) is 0 Å². The molecular formula is C18H22ClN3O4S. The molecule has 2 aromatic carbocycles. The Hall–Kier alpha value is -2.45. The van der Waals surface area contributed by atoms with E-state index in [1.54, 1.807) is 44.3 Å². The van der Waals surface area contributed by atoms with Gasteiger partial charge in [-0.05, 0) is 36.8 Å². The molecule has 7 nitrogen and oxygen atoms in total. The molecule has 0 radical (unpaired) electrons. The van der Waals surface area contributed by atoms with Crippen molar-refractivity contribution in [1.29, 1.82) is 0 Å². The highest BCUT2D eigenvalue weighted by Crippen LogP contribution is 2.29. The maximum absolute atomic E-state index is 12.4. The second-order valence-corrected chi connectivity index (χ2v) is 8.28. The van der Waals surface area contributed by atoms with Crippen LogP contribution in [-0.4, -0.2) is 39.3 Å². The third-order valence-electron chi connectivity index (χ3n) is 3.78. The highest BCUT2D eigenvalue weighted by atomic mass is 35.5. The van der Waals surface area contributed by atoms with Gasteiger partial charge in [0.1, 0.15) is 5.75 Å². The summed E-state index contributed by atoms with van der Waals surface area (Å²) in [5.41, 5.74) is 1.74. The normalized spacial score (nSPS) is 11.0. The van der Waals surface area contributed by atoms with Gasteiger partial charge in [-0.25, -0.2) is 13.2 Å². The van der Waals surface area contributed by atoms with E-state index in [0.29, 0.717) is 28.7 Å². The first-order valence-electron chi connectivity index (χ1n) is 8.19. The first-order chi connectivity index (χ1) is 12.7. The molecular weight excluding hydrogens is 390 g/mol. The van der Waals surface area contributed by atoms with Gasteiger partial charge in [-0.2, -0.15) is 0 Å². The van der Waals surface area contributed by atoms with Crippen molar-refractivity contribution in [3.8, 4) is 5.75 Å². The number of rotatable bonds is 7. The number of sulfonamides is 1. The lowest BCUT2D eigenvalue weighted by atomic mass is 10.2. The highest BCUT2D eigenvalue weighted by molar-refractivity contribution is 7.92. The Balaban J connectivity index is 2.07. The van der Waals surface area contributed by atoms with Gasteiger partial charge in [-0.3, -0.25) is 4.72 Å². The number of hydrogen-bond acceptors (Lipinski definition) is 4. The molecule has 2 N–H and O–H groups in total. The van der Waals surface area contributed by atoms with E-state index >= 15 is 0 Å². The zero-order chi connectivity index (χ0) is 20.0. The number of anilines is 2. The first kappa shape index (κ1) is 20.9. The summed E-state index contributed by atoms with van der Waals surface area (Å²) in [6, 6.07) is 11.6. The van der Waals surface area contributed by atoms with Gasteiger partial charge in [0, 0.05) is 30.4 Å². The molecule has 0 saturated carbocycles. The molecule has 0 atom stereocenters. The molecule has 0 bridgehead atoms. The molecule has 0 unspecified atom stereocenters. The predicted molar refractivity (Wildman–Crippen MR) is 108 cm³/mol. The van der Waals surface area contributed by atoms with Crippen molar-refractivity contribution in [2.75, 3.05) is 29.9 Å². The third kappa shape index (κ3) is 6.04. The molecule has 0 heterocycles. The molecule has 2 amide bonds. The number of carbonyl (C=O) groups is 1. The van der Waals surface area contributed by atoms with Crippen molar-refractivity contribution in [3.63, 3.8) is 0 Å². The molecule has 9 heteroatoms. The van der Waals surface area contributed by atoms with Crippen LogP contribution in [0.15, 0.2) is 42.5 Å². The van der Waals surface area contributed by atoms with Gasteiger partial charge in [-0.1, -0.05) is 23.7 Å². The van der Waals surface area contributed by atoms with Crippen LogP contribution in [0.5, 0.6) is 5.75 Å². The van der Waals surface area contributed by atoms with Gasteiger partial charge in [0.15, 0.2) is 0 Å². The lowest BCUT2D eigenvalue weighted by Gasteiger charge is -2.19. The van der Waals surface area contributed by atoms with Crippen LogP contribution in [0.1, 0.15) is 12.5 Å². The van der Waals surface area contributed by atoms with Gasteiger partial charge in [-0.15, -0.1) is 0 Å². The van der Waals surface area contributed by atoms with Crippen molar-refractivity contribution in [3.05, 3.63) is 53.1 Å². The SMILES string of the molecule is CCS(=O)(=O)Nc1ccc(NC(=O)N(C)Cc2ccc(Cl)cc2)cc1OC. The minimum atomic E-state index is -3.43. The number of benzene rings is 2. The average Bonchev–Trinajstić information content (AvgIpc) is 2.64. The van der Waals surface area contributed by atoms with E-state index in [9.17, 15) is 13.2 Å². The van der Waals surface area contributed by atoms with E-state index in [4.69, 9.17) is 16.3 Å². The number of ether oxygens (including phenoxy) is 1. The second-order valence-electron chi connectivity index (χ2n) is 5.83. The van der Waals surface area contributed by atoms with Crippen molar-refractivity contribution in [2.45, 2.75) is 13.5 Å². The van der Waals surface area contributed by atoms with Crippen LogP contribution in [0.3, 0.4) is 0 Å². The number of amides is 2. The van der Waals surface area contributed by atoms with Gasteiger partial charge in [0.05, 0.1) is 18.6 Å². The summed E-state index contributed by atoms with van der Waals surface area (Å²) in [5, 5.41) is 3.39. The summed E-state index contributed by atoms with van der Waals surface area (Å²) in [6.07, 6.45) is 0. The lowest BCUT2D eigenvalue weighted by molar-refractivity contribution is 0.220. The fourth-order valence-electron chi connectivity index (χ4n) is 2.25. The zero-order valence-electron chi connectivity index (χ0n) is 15.3. The van der Waals surface area contributed by atoms with Crippen LogP contribution in [0.2, 0.25) is 5.02 Å². The number of carbonyl (C=O) groups excluding carboxylic acids is 1. The summed E-state index contributed by atoms with van der Waals surface area (Å²) >= 11 is 5.86. The molecule has 0 aliphatic heterocycles. The maximum Gasteiger partial charge on any atom is 0.321 e. The molecule has 0 saturated heterocycles. The summed E-state index contributed by atoms with van der Waals surface area (Å²) in [6.45, 7) is 1.95. The summed E-state index contributed by atoms with van der Waals surface area (Å²) in [7, 11) is -0.328. The summed E-state index contributed by atoms with van der Waals surface area (Å²) < 4.78 is 31.1. The number of nitrogens with zero attached hydrogens (tertiary/aromatic N) is 1. The lowest BCUT2D eigenvalue weighted by Crippen LogP contribution is -2.30. The van der Waals surface area contributed by atoms with Crippen molar-refractivity contribution < 1.29 is 17.9 Å². The minimum absolute atomic E-state index is 0.0515. The van der Waals surface area contributed by atoms with Crippen LogP contribution in [0, 0.1) is 0 Å². The van der Waals surface area contributed by atoms with Gasteiger partial charge >= 0.3 is 6.03 Å². The molecule has 146 valence electrons. The average molecular weight is 412 g/mol. The monoisotopic (exact) mass is 411 g/mol. The Morgan fingerprint density at radius 2 is 1.85 bits per heavy atom. The van der Waals surface area contributed by atoms with E-state index in [0.717, 1.165) is 5.56 Å². The van der Waals surface area contributed by atoms with Crippen LogP contribution in [0.25, 0.3) is 0 Å². The smallest absolute Gasteiger partial charge is 0.321 e. The third-order valence-corrected chi connectivity index (χ3v) is 5.32. The van der Waals surface area contributed by atoms with Crippen molar-refractivity contribution in [2.24, 2.45) is 0 Å². The number of halogens is 1.